The Hall–Kier alpha value is -2.08. The van der Waals surface area contributed by atoms with E-state index in [4.69, 9.17) is 9.72 Å². The maximum atomic E-state index is 11.4. The molecular weight excluding hydrogens is 286 g/mol. The van der Waals surface area contributed by atoms with E-state index in [0.29, 0.717) is 5.75 Å². The predicted octanol–water partition coefficient (Wildman–Crippen LogP) is 2.74. The van der Waals surface area contributed by atoms with Gasteiger partial charge < -0.3 is 15.0 Å². The standard InChI is InChI=1S/C15H15N3O2S/c19-14-8-20-13-4-3-10(7-11(13)16-14)12-9-21-15(17-12)18-5-1-2-6-18/h3-4,7,9H,1-2,5-6,8H2,(H,16,19). The first-order valence-electron chi connectivity index (χ1n) is 7.07. The van der Waals surface area contributed by atoms with Crippen molar-refractivity contribution in [2.24, 2.45) is 0 Å². The first-order valence-corrected chi connectivity index (χ1v) is 7.95. The smallest absolute Gasteiger partial charge is 0.262 e. The number of ether oxygens (including phenoxy) is 1. The highest BCUT2D eigenvalue weighted by Crippen LogP contribution is 2.34. The Morgan fingerprint density at radius 3 is 3.00 bits per heavy atom. The molecule has 3 heterocycles. The second kappa shape index (κ2) is 5.04. The Bertz CT molecular complexity index is 692. The molecule has 1 amide bonds. The van der Waals surface area contributed by atoms with Gasteiger partial charge in [-0.05, 0) is 31.0 Å². The summed E-state index contributed by atoms with van der Waals surface area (Å²) in [7, 11) is 0. The fourth-order valence-electron chi connectivity index (χ4n) is 2.69. The molecule has 5 nitrogen and oxygen atoms in total. The van der Waals surface area contributed by atoms with Crippen LogP contribution in [0.3, 0.4) is 0 Å². The number of hydrogen-bond donors (Lipinski definition) is 1. The number of carbonyl (C=O) groups is 1. The van der Waals surface area contributed by atoms with Gasteiger partial charge in [0.15, 0.2) is 11.7 Å². The van der Waals surface area contributed by atoms with Crippen molar-refractivity contribution in [1.29, 1.82) is 0 Å². The van der Waals surface area contributed by atoms with Crippen molar-refractivity contribution in [3.8, 4) is 17.0 Å². The fourth-order valence-corrected chi connectivity index (χ4v) is 3.58. The summed E-state index contributed by atoms with van der Waals surface area (Å²) >= 11 is 1.68. The average molecular weight is 301 g/mol. The molecule has 1 N–H and O–H groups in total. The first kappa shape index (κ1) is 12.6. The highest BCUT2D eigenvalue weighted by atomic mass is 32.1. The van der Waals surface area contributed by atoms with Gasteiger partial charge in [-0.1, -0.05) is 0 Å². The Labute approximate surface area is 126 Å². The molecule has 0 aliphatic carbocycles. The number of thiazole rings is 1. The van der Waals surface area contributed by atoms with Crippen molar-refractivity contribution in [3.05, 3.63) is 23.6 Å². The number of anilines is 2. The molecule has 1 fully saturated rings. The number of carbonyl (C=O) groups excluding carboxylic acids is 1. The summed E-state index contributed by atoms with van der Waals surface area (Å²) in [5, 5.41) is 5.99. The van der Waals surface area contributed by atoms with Crippen LogP contribution in [0.4, 0.5) is 10.8 Å². The van der Waals surface area contributed by atoms with Gasteiger partial charge in [0, 0.05) is 24.0 Å². The van der Waals surface area contributed by atoms with Gasteiger partial charge in [0.25, 0.3) is 5.91 Å². The van der Waals surface area contributed by atoms with Crippen LogP contribution in [0.5, 0.6) is 5.75 Å². The van der Waals surface area contributed by atoms with Crippen molar-refractivity contribution in [2.45, 2.75) is 12.8 Å². The van der Waals surface area contributed by atoms with E-state index in [1.165, 1.54) is 12.8 Å². The number of aromatic nitrogens is 1. The van der Waals surface area contributed by atoms with Crippen LogP contribution in [-0.4, -0.2) is 30.6 Å². The highest BCUT2D eigenvalue weighted by molar-refractivity contribution is 7.14. The molecule has 2 aromatic rings. The summed E-state index contributed by atoms with van der Waals surface area (Å²) in [5.41, 5.74) is 2.67. The molecule has 2 aliphatic rings. The number of rotatable bonds is 2. The Morgan fingerprint density at radius 2 is 2.14 bits per heavy atom. The molecule has 0 saturated carbocycles. The van der Waals surface area contributed by atoms with E-state index in [2.05, 4.69) is 15.6 Å². The molecule has 108 valence electrons. The average Bonchev–Trinajstić information content (AvgIpc) is 3.17. The Morgan fingerprint density at radius 1 is 1.29 bits per heavy atom. The van der Waals surface area contributed by atoms with E-state index in [-0.39, 0.29) is 12.5 Å². The van der Waals surface area contributed by atoms with E-state index in [0.717, 1.165) is 35.2 Å². The molecule has 1 saturated heterocycles. The number of hydrogen-bond acceptors (Lipinski definition) is 5. The lowest BCUT2D eigenvalue weighted by molar-refractivity contribution is -0.118. The van der Waals surface area contributed by atoms with Gasteiger partial charge in [-0.3, -0.25) is 4.79 Å². The molecule has 0 bridgehead atoms. The maximum Gasteiger partial charge on any atom is 0.262 e. The molecule has 0 radical (unpaired) electrons. The van der Waals surface area contributed by atoms with Crippen LogP contribution < -0.4 is 15.0 Å². The van der Waals surface area contributed by atoms with E-state index in [1.807, 2.05) is 18.2 Å². The quantitative estimate of drug-likeness (QED) is 0.926. The zero-order valence-corrected chi connectivity index (χ0v) is 12.3. The Kier molecular flexibility index (Phi) is 3.03. The molecule has 21 heavy (non-hydrogen) atoms. The minimum absolute atomic E-state index is 0.0855. The predicted molar refractivity (Wildman–Crippen MR) is 83.1 cm³/mol. The van der Waals surface area contributed by atoms with Gasteiger partial charge in [-0.15, -0.1) is 11.3 Å². The number of amides is 1. The molecule has 1 aromatic heterocycles. The number of fused-ring (bicyclic) bond motifs is 1. The molecule has 4 rings (SSSR count). The number of nitrogens with zero attached hydrogens (tertiary/aromatic N) is 2. The number of nitrogens with one attached hydrogen (secondary N) is 1. The van der Waals surface area contributed by atoms with E-state index in [9.17, 15) is 4.79 Å². The van der Waals surface area contributed by atoms with Gasteiger partial charge in [0.1, 0.15) is 5.75 Å². The van der Waals surface area contributed by atoms with Crippen LogP contribution in [0.15, 0.2) is 23.6 Å². The van der Waals surface area contributed by atoms with Gasteiger partial charge in [-0.25, -0.2) is 4.98 Å². The second-order valence-electron chi connectivity index (χ2n) is 5.26. The molecule has 0 atom stereocenters. The van der Waals surface area contributed by atoms with Crippen molar-refractivity contribution in [2.75, 3.05) is 29.9 Å². The number of benzene rings is 1. The molecule has 1 aromatic carbocycles. The van der Waals surface area contributed by atoms with Crippen LogP contribution >= 0.6 is 11.3 Å². The van der Waals surface area contributed by atoms with E-state index >= 15 is 0 Å². The molecular formula is C15H15N3O2S. The largest absolute Gasteiger partial charge is 0.482 e. The first-order chi connectivity index (χ1) is 10.3. The van der Waals surface area contributed by atoms with Crippen molar-refractivity contribution in [1.82, 2.24) is 4.98 Å². The molecule has 0 unspecified atom stereocenters. The van der Waals surface area contributed by atoms with Gasteiger partial charge in [-0.2, -0.15) is 0 Å². The molecule has 2 aliphatic heterocycles. The van der Waals surface area contributed by atoms with Gasteiger partial charge >= 0.3 is 0 Å². The van der Waals surface area contributed by atoms with Crippen molar-refractivity contribution in [3.63, 3.8) is 0 Å². The van der Waals surface area contributed by atoms with Gasteiger partial charge in [0.2, 0.25) is 0 Å². The van der Waals surface area contributed by atoms with Crippen molar-refractivity contribution >= 4 is 28.1 Å². The van der Waals surface area contributed by atoms with E-state index in [1.54, 1.807) is 11.3 Å². The summed E-state index contributed by atoms with van der Waals surface area (Å²) in [6.07, 6.45) is 2.49. The van der Waals surface area contributed by atoms with Crippen LogP contribution in [0.1, 0.15) is 12.8 Å². The Balaban J connectivity index is 1.64. The minimum Gasteiger partial charge on any atom is -0.482 e. The summed E-state index contributed by atoms with van der Waals surface area (Å²) in [6, 6.07) is 5.80. The lowest BCUT2D eigenvalue weighted by atomic mass is 10.1. The third kappa shape index (κ3) is 2.35. The third-order valence-electron chi connectivity index (χ3n) is 3.78. The van der Waals surface area contributed by atoms with Crippen LogP contribution in [0.25, 0.3) is 11.3 Å². The zero-order chi connectivity index (χ0) is 14.2. The lowest BCUT2D eigenvalue weighted by Gasteiger charge is -2.18. The summed E-state index contributed by atoms with van der Waals surface area (Å²) in [4.78, 5) is 18.4. The van der Waals surface area contributed by atoms with Crippen LogP contribution in [-0.2, 0) is 4.79 Å². The van der Waals surface area contributed by atoms with Crippen LogP contribution in [0.2, 0.25) is 0 Å². The third-order valence-corrected chi connectivity index (χ3v) is 4.68. The topological polar surface area (TPSA) is 54.5 Å². The second-order valence-corrected chi connectivity index (χ2v) is 6.09. The highest BCUT2D eigenvalue weighted by Gasteiger charge is 2.19. The molecule has 6 heteroatoms. The summed E-state index contributed by atoms with van der Waals surface area (Å²) < 4.78 is 5.37. The maximum absolute atomic E-state index is 11.4. The molecule has 0 spiro atoms. The monoisotopic (exact) mass is 301 g/mol. The van der Waals surface area contributed by atoms with Gasteiger partial charge in [0.05, 0.1) is 11.4 Å². The SMILES string of the molecule is O=C1COc2ccc(-c3csc(N4CCCC4)n3)cc2N1. The van der Waals surface area contributed by atoms with E-state index < -0.39 is 0 Å². The summed E-state index contributed by atoms with van der Waals surface area (Å²) in [5.74, 6) is 0.601. The zero-order valence-electron chi connectivity index (χ0n) is 11.5. The normalized spacial score (nSPS) is 17.3. The minimum atomic E-state index is -0.115. The lowest BCUT2D eigenvalue weighted by Crippen LogP contribution is -2.25. The fraction of sp³-hybridized carbons (Fsp3) is 0.333. The van der Waals surface area contributed by atoms with Crippen molar-refractivity contribution < 1.29 is 9.53 Å². The summed E-state index contributed by atoms with van der Waals surface area (Å²) in [6.45, 7) is 2.28. The van der Waals surface area contributed by atoms with Crippen LogP contribution in [0, 0.1) is 0 Å².